The van der Waals surface area contributed by atoms with Crippen LogP contribution in [0.15, 0.2) is 30.3 Å². The topological polar surface area (TPSA) is 87.1 Å². The fraction of sp³-hybridized carbons (Fsp3) is 0.312. The van der Waals surface area contributed by atoms with Gasteiger partial charge in [0.2, 0.25) is 0 Å². The lowest BCUT2D eigenvalue weighted by molar-refractivity contribution is 0.0697. The monoisotopic (exact) mass is 300 g/mol. The second-order valence-electron chi connectivity index (χ2n) is 6.07. The maximum atomic E-state index is 11.0. The Kier molecular flexibility index (Phi) is 4.30. The number of nitrogens with one attached hydrogen (secondary N) is 2. The molecule has 0 atom stereocenters. The van der Waals surface area contributed by atoms with Crippen LogP contribution >= 0.6 is 0 Å². The maximum Gasteiger partial charge on any atom is 0.335 e. The summed E-state index contributed by atoms with van der Waals surface area (Å²) in [6.45, 7) is 7.96. The van der Waals surface area contributed by atoms with Gasteiger partial charge in [0.1, 0.15) is 17.5 Å². The normalized spacial score (nSPS) is 11.1. The number of anilines is 3. The number of carboxylic acids is 1. The first-order valence-electron chi connectivity index (χ1n) is 6.97. The second kappa shape index (κ2) is 6.01. The van der Waals surface area contributed by atoms with Crippen LogP contribution in [0.2, 0.25) is 0 Å². The van der Waals surface area contributed by atoms with Crippen molar-refractivity contribution in [1.29, 1.82) is 0 Å². The molecular weight excluding hydrogens is 280 g/mol. The lowest BCUT2D eigenvalue weighted by Crippen LogP contribution is -2.26. The fourth-order valence-corrected chi connectivity index (χ4v) is 1.96. The predicted octanol–water partition coefficient (Wildman–Crippen LogP) is 3.44. The molecule has 0 aliphatic carbocycles. The number of nitrogens with zero attached hydrogens (tertiary/aromatic N) is 2. The number of carboxylic acid groups (broad SMARTS) is 1. The molecule has 0 bridgehead atoms. The van der Waals surface area contributed by atoms with Gasteiger partial charge in [0.15, 0.2) is 0 Å². The molecule has 22 heavy (non-hydrogen) atoms. The summed E-state index contributed by atoms with van der Waals surface area (Å²) in [4.78, 5) is 19.7. The van der Waals surface area contributed by atoms with Crippen LogP contribution in [0.1, 0.15) is 37.0 Å². The molecule has 2 aromatic rings. The van der Waals surface area contributed by atoms with Crippen LogP contribution in [0.3, 0.4) is 0 Å². The highest BCUT2D eigenvalue weighted by Crippen LogP contribution is 2.20. The van der Waals surface area contributed by atoms with E-state index < -0.39 is 5.97 Å². The van der Waals surface area contributed by atoms with Crippen LogP contribution in [0, 0.1) is 6.92 Å². The summed E-state index contributed by atoms with van der Waals surface area (Å²) in [5.74, 6) is 1.00. The standard InChI is InChI=1S/C16H20N4O2/c1-10-17-13(9-14(18-10)20-16(2,3)4)19-12-7-5-6-11(8-12)15(21)22/h5-9H,1-4H3,(H,21,22)(H2,17,18,19,20). The number of aryl methyl sites for hydroxylation is 1. The average Bonchev–Trinajstić information content (AvgIpc) is 2.36. The van der Waals surface area contributed by atoms with Gasteiger partial charge in [-0.15, -0.1) is 0 Å². The van der Waals surface area contributed by atoms with Crippen molar-refractivity contribution >= 4 is 23.3 Å². The number of aromatic carboxylic acids is 1. The molecule has 0 fully saturated rings. The predicted molar refractivity (Wildman–Crippen MR) is 86.8 cm³/mol. The van der Waals surface area contributed by atoms with Crippen LogP contribution in [-0.4, -0.2) is 26.6 Å². The maximum absolute atomic E-state index is 11.0. The Morgan fingerprint density at radius 2 is 1.82 bits per heavy atom. The van der Waals surface area contributed by atoms with Crippen molar-refractivity contribution in [3.63, 3.8) is 0 Å². The molecule has 0 aliphatic rings. The van der Waals surface area contributed by atoms with Crippen molar-refractivity contribution in [2.75, 3.05) is 10.6 Å². The summed E-state index contributed by atoms with van der Waals surface area (Å²) in [5, 5.41) is 15.4. The zero-order chi connectivity index (χ0) is 16.3. The van der Waals surface area contributed by atoms with E-state index in [1.54, 1.807) is 30.3 Å². The van der Waals surface area contributed by atoms with E-state index in [-0.39, 0.29) is 11.1 Å². The number of benzene rings is 1. The van der Waals surface area contributed by atoms with Gasteiger partial charge in [0.05, 0.1) is 5.56 Å². The zero-order valence-corrected chi connectivity index (χ0v) is 13.1. The van der Waals surface area contributed by atoms with Gasteiger partial charge in [-0.25, -0.2) is 14.8 Å². The summed E-state index contributed by atoms with van der Waals surface area (Å²) in [6, 6.07) is 8.39. The summed E-state index contributed by atoms with van der Waals surface area (Å²) < 4.78 is 0. The largest absolute Gasteiger partial charge is 0.478 e. The van der Waals surface area contributed by atoms with E-state index in [0.717, 1.165) is 5.82 Å². The molecule has 0 spiro atoms. The van der Waals surface area contributed by atoms with Gasteiger partial charge in [0.25, 0.3) is 0 Å². The second-order valence-corrected chi connectivity index (χ2v) is 6.07. The van der Waals surface area contributed by atoms with Gasteiger partial charge in [-0.3, -0.25) is 0 Å². The lowest BCUT2D eigenvalue weighted by Gasteiger charge is -2.21. The summed E-state index contributed by atoms with van der Waals surface area (Å²) in [7, 11) is 0. The SMILES string of the molecule is Cc1nc(Nc2cccc(C(=O)O)c2)cc(NC(C)(C)C)n1. The molecule has 116 valence electrons. The third-order valence-electron chi connectivity index (χ3n) is 2.72. The molecule has 0 radical (unpaired) electrons. The Labute approximate surface area is 129 Å². The van der Waals surface area contributed by atoms with Crippen molar-refractivity contribution in [3.05, 3.63) is 41.7 Å². The Morgan fingerprint density at radius 3 is 2.45 bits per heavy atom. The van der Waals surface area contributed by atoms with Crippen LogP contribution in [-0.2, 0) is 0 Å². The van der Waals surface area contributed by atoms with E-state index in [1.807, 2.05) is 27.7 Å². The summed E-state index contributed by atoms with van der Waals surface area (Å²) >= 11 is 0. The van der Waals surface area contributed by atoms with E-state index >= 15 is 0 Å². The number of hydrogen-bond donors (Lipinski definition) is 3. The molecule has 2 rings (SSSR count). The lowest BCUT2D eigenvalue weighted by atomic mass is 10.1. The van der Waals surface area contributed by atoms with Gasteiger partial charge in [0, 0.05) is 17.3 Å². The molecule has 3 N–H and O–H groups in total. The van der Waals surface area contributed by atoms with E-state index in [4.69, 9.17) is 5.11 Å². The third-order valence-corrected chi connectivity index (χ3v) is 2.72. The van der Waals surface area contributed by atoms with Crippen LogP contribution in [0.5, 0.6) is 0 Å². The first-order chi connectivity index (χ1) is 10.2. The quantitative estimate of drug-likeness (QED) is 0.801. The van der Waals surface area contributed by atoms with Gasteiger partial charge in [-0.1, -0.05) is 6.07 Å². The van der Waals surface area contributed by atoms with E-state index in [9.17, 15) is 4.79 Å². The molecule has 1 aromatic carbocycles. The highest BCUT2D eigenvalue weighted by Gasteiger charge is 2.12. The number of hydrogen-bond acceptors (Lipinski definition) is 5. The van der Waals surface area contributed by atoms with Crippen LogP contribution in [0.4, 0.5) is 17.3 Å². The number of rotatable bonds is 4. The molecule has 1 heterocycles. The molecule has 6 heteroatoms. The zero-order valence-electron chi connectivity index (χ0n) is 13.1. The van der Waals surface area contributed by atoms with Gasteiger partial charge in [-0.2, -0.15) is 0 Å². The Bertz CT molecular complexity index is 693. The first kappa shape index (κ1) is 15.8. The highest BCUT2D eigenvalue weighted by atomic mass is 16.4. The number of aromatic nitrogens is 2. The van der Waals surface area contributed by atoms with Crippen LogP contribution < -0.4 is 10.6 Å². The molecule has 0 amide bonds. The Morgan fingerprint density at radius 1 is 1.14 bits per heavy atom. The first-order valence-corrected chi connectivity index (χ1v) is 6.97. The fourth-order valence-electron chi connectivity index (χ4n) is 1.96. The Hall–Kier alpha value is -2.63. The van der Waals surface area contributed by atoms with E-state index in [0.29, 0.717) is 17.3 Å². The van der Waals surface area contributed by atoms with Gasteiger partial charge in [-0.05, 0) is 45.9 Å². The minimum Gasteiger partial charge on any atom is -0.478 e. The van der Waals surface area contributed by atoms with Crippen molar-refractivity contribution in [1.82, 2.24) is 9.97 Å². The average molecular weight is 300 g/mol. The van der Waals surface area contributed by atoms with E-state index in [2.05, 4.69) is 20.6 Å². The molecule has 6 nitrogen and oxygen atoms in total. The van der Waals surface area contributed by atoms with Gasteiger partial charge < -0.3 is 15.7 Å². The summed E-state index contributed by atoms with van der Waals surface area (Å²) in [5.41, 5.74) is 0.782. The third kappa shape index (κ3) is 4.44. The van der Waals surface area contributed by atoms with E-state index in [1.165, 1.54) is 0 Å². The van der Waals surface area contributed by atoms with Crippen molar-refractivity contribution in [3.8, 4) is 0 Å². The van der Waals surface area contributed by atoms with Crippen LogP contribution in [0.25, 0.3) is 0 Å². The minimum absolute atomic E-state index is 0.110. The Balaban J connectivity index is 2.26. The molecule has 0 unspecified atom stereocenters. The minimum atomic E-state index is -0.961. The number of carbonyl (C=O) groups is 1. The van der Waals surface area contributed by atoms with Gasteiger partial charge >= 0.3 is 5.97 Å². The highest BCUT2D eigenvalue weighted by molar-refractivity contribution is 5.89. The smallest absolute Gasteiger partial charge is 0.335 e. The van der Waals surface area contributed by atoms with Crippen molar-refractivity contribution in [2.24, 2.45) is 0 Å². The molecule has 1 aromatic heterocycles. The summed E-state index contributed by atoms with van der Waals surface area (Å²) in [6.07, 6.45) is 0. The molecule has 0 saturated heterocycles. The molecular formula is C16H20N4O2. The molecule has 0 saturated carbocycles. The molecule has 0 aliphatic heterocycles. The van der Waals surface area contributed by atoms with Crippen molar-refractivity contribution in [2.45, 2.75) is 33.2 Å². The van der Waals surface area contributed by atoms with Crippen molar-refractivity contribution < 1.29 is 9.90 Å².